The highest BCUT2D eigenvalue weighted by atomic mass is 16.5. The summed E-state index contributed by atoms with van der Waals surface area (Å²) in [7, 11) is 4.01. The number of aliphatic hydroxyl groups is 2. The first-order valence-corrected chi connectivity index (χ1v) is 10.5. The lowest BCUT2D eigenvalue weighted by atomic mass is 9.65. The number of fused-ring (bicyclic) bond motifs is 1. The third kappa shape index (κ3) is 4.38. The van der Waals surface area contributed by atoms with Gasteiger partial charge in [0.1, 0.15) is 0 Å². The third-order valence-corrected chi connectivity index (χ3v) is 5.95. The Morgan fingerprint density at radius 3 is 2.06 bits per heavy atom. The van der Waals surface area contributed by atoms with Crippen LogP contribution in [0.3, 0.4) is 0 Å². The van der Waals surface area contributed by atoms with Crippen LogP contribution in [-0.4, -0.2) is 60.4 Å². The molecule has 2 aromatic rings. The Bertz CT molecular complexity index is 992. The molecule has 180 valence electrons. The highest BCUT2D eigenvalue weighted by Gasteiger charge is 2.48. The van der Waals surface area contributed by atoms with Gasteiger partial charge in [-0.15, -0.1) is 0 Å². The fourth-order valence-corrected chi connectivity index (χ4v) is 4.48. The van der Waals surface area contributed by atoms with Gasteiger partial charge in [-0.2, -0.15) is 0 Å². The van der Waals surface area contributed by atoms with E-state index in [1.54, 1.807) is 32.0 Å². The molecule has 0 bridgehead atoms. The number of benzene rings is 2. The van der Waals surface area contributed by atoms with Gasteiger partial charge in [0.05, 0.1) is 39.5 Å². The van der Waals surface area contributed by atoms with Gasteiger partial charge in [-0.3, -0.25) is 4.79 Å². The predicted octanol–water partition coefficient (Wildman–Crippen LogP) is 2.48. The van der Waals surface area contributed by atoms with Crippen LogP contribution in [0.1, 0.15) is 42.6 Å². The first-order valence-electron chi connectivity index (χ1n) is 10.5. The Labute approximate surface area is 192 Å². The summed E-state index contributed by atoms with van der Waals surface area (Å²) in [6.45, 7) is 3.11. The second-order valence-electron chi connectivity index (χ2n) is 8.21. The summed E-state index contributed by atoms with van der Waals surface area (Å²) in [4.78, 5) is 12.9. The molecule has 1 aliphatic carbocycles. The normalized spacial score (nSPS) is 21.9. The first kappa shape index (κ1) is 24.5. The summed E-state index contributed by atoms with van der Waals surface area (Å²) in [6.07, 6.45) is -1.48. The Balaban J connectivity index is 2.35. The predicted molar refractivity (Wildman–Crippen MR) is 118 cm³/mol. The molecule has 0 aliphatic heterocycles. The molecule has 0 saturated carbocycles. The van der Waals surface area contributed by atoms with Gasteiger partial charge < -0.3 is 39.4 Å². The summed E-state index contributed by atoms with van der Waals surface area (Å²) in [5.41, 5.74) is 1.37. The molecule has 33 heavy (non-hydrogen) atoms. The number of phenolic OH excluding ortho intramolecular Hbond substituents is 2. The van der Waals surface area contributed by atoms with E-state index in [0.717, 1.165) is 0 Å². The molecule has 0 saturated heterocycles. The highest BCUT2D eigenvalue weighted by Crippen LogP contribution is 2.53. The SMILES string of the molecule is COC(=O)[C@@H]1[C@@H](c2cc(OC)c(O)c(OC)c2)c2cc(OC(C)C)c(O)cc2[C@@H](O)[C@H]1CO. The van der Waals surface area contributed by atoms with Crippen LogP contribution in [0.5, 0.6) is 28.7 Å². The van der Waals surface area contributed by atoms with Crippen LogP contribution in [0.25, 0.3) is 0 Å². The second-order valence-corrected chi connectivity index (χ2v) is 8.21. The topological polar surface area (TPSA) is 135 Å². The Hall–Kier alpha value is -3.17. The van der Waals surface area contributed by atoms with Crippen molar-refractivity contribution in [1.82, 2.24) is 0 Å². The number of carbonyl (C=O) groups excluding carboxylic acids is 1. The number of hydrogen-bond donors (Lipinski definition) is 4. The molecule has 0 unspecified atom stereocenters. The summed E-state index contributed by atoms with van der Waals surface area (Å²) in [5, 5.41) is 42.0. The van der Waals surface area contributed by atoms with E-state index in [4.69, 9.17) is 18.9 Å². The standard InChI is InChI=1S/C24H30O9/c1-11(2)33-17-9-13-14(8-16(17)26)22(27)15(10-25)21(24(29)32-5)20(13)12-6-18(30-3)23(28)19(7-12)31-4/h6-9,11,15,20-22,25-28H,10H2,1-5H3/t15-,20-,21-,22+/m0/s1. The molecule has 0 radical (unpaired) electrons. The molecule has 4 atom stereocenters. The highest BCUT2D eigenvalue weighted by molar-refractivity contribution is 5.77. The molecule has 0 fully saturated rings. The molecular formula is C24H30O9. The van der Waals surface area contributed by atoms with Gasteiger partial charge in [-0.25, -0.2) is 0 Å². The van der Waals surface area contributed by atoms with Crippen molar-refractivity contribution in [2.45, 2.75) is 32.0 Å². The third-order valence-electron chi connectivity index (χ3n) is 5.95. The summed E-state index contributed by atoms with van der Waals surface area (Å²) in [5.74, 6) is -3.23. The van der Waals surface area contributed by atoms with Crippen molar-refractivity contribution in [2.24, 2.45) is 11.8 Å². The molecule has 0 amide bonds. The van der Waals surface area contributed by atoms with Crippen LogP contribution in [0.15, 0.2) is 24.3 Å². The molecule has 3 rings (SSSR count). The number of carbonyl (C=O) groups is 1. The van der Waals surface area contributed by atoms with Gasteiger partial charge in [0.25, 0.3) is 0 Å². The van der Waals surface area contributed by atoms with Gasteiger partial charge >= 0.3 is 5.97 Å². The lowest BCUT2D eigenvalue weighted by Gasteiger charge is -2.41. The first-order chi connectivity index (χ1) is 15.7. The van der Waals surface area contributed by atoms with Crippen molar-refractivity contribution in [1.29, 1.82) is 0 Å². The summed E-state index contributed by atoms with van der Waals surface area (Å²) < 4.78 is 21.3. The molecule has 1 aliphatic rings. The van der Waals surface area contributed by atoms with Crippen LogP contribution in [0.2, 0.25) is 0 Å². The van der Waals surface area contributed by atoms with Crippen LogP contribution in [-0.2, 0) is 9.53 Å². The maximum absolute atomic E-state index is 12.9. The van der Waals surface area contributed by atoms with Gasteiger partial charge in [0.2, 0.25) is 5.75 Å². The second kappa shape index (κ2) is 9.76. The van der Waals surface area contributed by atoms with Crippen molar-refractivity contribution < 1.29 is 44.2 Å². The molecular weight excluding hydrogens is 432 g/mol. The van der Waals surface area contributed by atoms with Crippen LogP contribution in [0, 0.1) is 11.8 Å². The lowest BCUT2D eigenvalue weighted by Crippen LogP contribution is -2.41. The molecule has 0 spiro atoms. The molecule has 0 aromatic heterocycles. The smallest absolute Gasteiger partial charge is 0.310 e. The zero-order chi connectivity index (χ0) is 24.4. The van der Waals surface area contributed by atoms with E-state index in [1.807, 2.05) is 0 Å². The molecule has 2 aromatic carbocycles. The van der Waals surface area contributed by atoms with E-state index >= 15 is 0 Å². The Morgan fingerprint density at radius 1 is 0.970 bits per heavy atom. The van der Waals surface area contributed by atoms with Crippen molar-refractivity contribution >= 4 is 5.97 Å². The van der Waals surface area contributed by atoms with E-state index in [-0.39, 0.29) is 34.9 Å². The lowest BCUT2D eigenvalue weighted by molar-refractivity contribution is -0.152. The van der Waals surface area contributed by atoms with E-state index in [1.165, 1.54) is 27.4 Å². The average molecular weight is 462 g/mol. The maximum atomic E-state index is 12.9. The van der Waals surface area contributed by atoms with Crippen molar-refractivity contribution in [2.75, 3.05) is 27.9 Å². The maximum Gasteiger partial charge on any atom is 0.310 e. The van der Waals surface area contributed by atoms with E-state index in [9.17, 15) is 25.2 Å². The quantitative estimate of drug-likeness (QED) is 0.458. The fraction of sp³-hybridized carbons (Fsp3) is 0.458. The number of esters is 1. The minimum Gasteiger partial charge on any atom is -0.504 e. The number of rotatable bonds is 7. The Kier molecular flexibility index (Phi) is 7.24. The molecule has 9 nitrogen and oxygen atoms in total. The number of methoxy groups -OCH3 is 3. The zero-order valence-electron chi connectivity index (χ0n) is 19.2. The molecule has 0 heterocycles. The van der Waals surface area contributed by atoms with E-state index < -0.39 is 36.4 Å². The van der Waals surface area contributed by atoms with Crippen molar-refractivity contribution in [3.8, 4) is 28.7 Å². The van der Waals surface area contributed by atoms with Crippen LogP contribution in [0.4, 0.5) is 0 Å². The number of aliphatic hydroxyl groups excluding tert-OH is 2. The van der Waals surface area contributed by atoms with Crippen LogP contribution < -0.4 is 14.2 Å². The number of ether oxygens (including phenoxy) is 4. The van der Waals surface area contributed by atoms with Crippen LogP contribution >= 0.6 is 0 Å². The largest absolute Gasteiger partial charge is 0.504 e. The monoisotopic (exact) mass is 462 g/mol. The van der Waals surface area contributed by atoms with Gasteiger partial charge in [-0.1, -0.05) is 0 Å². The van der Waals surface area contributed by atoms with Crippen molar-refractivity contribution in [3.05, 3.63) is 41.0 Å². The van der Waals surface area contributed by atoms with Crippen molar-refractivity contribution in [3.63, 3.8) is 0 Å². The minimum absolute atomic E-state index is 0.124. The molecule has 9 heteroatoms. The van der Waals surface area contributed by atoms with Gasteiger partial charge in [0, 0.05) is 18.4 Å². The Morgan fingerprint density at radius 2 is 1.58 bits per heavy atom. The number of aromatic hydroxyl groups is 2. The number of hydrogen-bond acceptors (Lipinski definition) is 9. The average Bonchev–Trinajstić information content (AvgIpc) is 2.79. The van der Waals surface area contributed by atoms with Gasteiger partial charge in [0.15, 0.2) is 23.0 Å². The minimum atomic E-state index is -1.25. The summed E-state index contributed by atoms with van der Waals surface area (Å²) in [6, 6.07) is 6.08. The fourth-order valence-electron chi connectivity index (χ4n) is 4.48. The van der Waals surface area contributed by atoms with E-state index in [0.29, 0.717) is 16.7 Å². The molecule has 4 N–H and O–H groups in total. The number of phenols is 2. The summed E-state index contributed by atoms with van der Waals surface area (Å²) >= 11 is 0. The van der Waals surface area contributed by atoms with Gasteiger partial charge in [-0.05, 0) is 54.8 Å². The van der Waals surface area contributed by atoms with E-state index in [2.05, 4.69) is 0 Å². The zero-order valence-corrected chi connectivity index (χ0v) is 19.2.